The molecule has 1 N–H and O–H groups in total. The number of hydrogen-bond donors (Lipinski definition) is 1. The molecule has 0 spiro atoms. The molecule has 2 rings (SSSR count). The topological polar surface area (TPSA) is 49.0 Å². The minimum absolute atomic E-state index is 0.313. The first-order valence-electron chi connectivity index (χ1n) is 5.62. The second-order valence-electron chi connectivity index (χ2n) is 4.21. The van der Waals surface area contributed by atoms with Gasteiger partial charge in [0.1, 0.15) is 5.82 Å². The van der Waals surface area contributed by atoms with E-state index in [1.807, 2.05) is 6.07 Å². The van der Waals surface area contributed by atoms with Crippen LogP contribution in [-0.2, 0) is 6.54 Å². The van der Waals surface area contributed by atoms with Gasteiger partial charge in [-0.3, -0.25) is 0 Å². The van der Waals surface area contributed by atoms with Gasteiger partial charge < -0.3 is 9.67 Å². The number of aromatic nitrogens is 1. The van der Waals surface area contributed by atoms with E-state index in [0.29, 0.717) is 17.7 Å². The zero-order valence-corrected chi connectivity index (χ0v) is 9.97. The Labute approximate surface area is 105 Å². The Balaban J connectivity index is 2.21. The SMILES string of the molecule is CC(O)c1ccn(Cc2ccc(C#N)cc2F)c1. The van der Waals surface area contributed by atoms with E-state index in [2.05, 4.69) is 0 Å². The summed E-state index contributed by atoms with van der Waals surface area (Å²) >= 11 is 0. The highest BCUT2D eigenvalue weighted by Gasteiger charge is 2.06. The van der Waals surface area contributed by atoms with Crippen LogP contribution in [0, 0.1) is 17.1 Å². The van der Waals surface area contributed by atoms with Crippen molar-refractivity contribution >= 4 is 0 Å². The van der Waals surface area contributed by atoms with Gasteiger partial charge in [0.15, 0.2) is 0 Å². The summed E-state index contributed by atoms with van der Waals surface area (Å²) in [5.74, 6) is -0.388. The summed E-state index contributed by atoms with van der Waals surface area (Å²) in [7, 11) is 0. The highest BCUT2D eigenvalue weighted by molar-refractivity contribution is 5.33. The van der Waals surface area contributed by atoms with Gasteiger partial charge in [-0.05, 0) is 30.7 Å². The zero-order valence-electron chi connectivity index (χ0n) is 9.97. The second-order valence-corrected chi connectivity index (χ2v) is 4.21. The molecule has 0 saturated carbocycles. The van der Waals surface area contributed by atoms with Crippen LogP contribution in [0.4, 0.5) is 4.39 Å². The highest BCUT2D eigenvalue weighted by Crippen LogP contribution is 2.15. The van der Waals surface area contributed by atoms with Crippen LogP contribution in [-0.4, -0.2) is 9.67 Å². The van der Waals surface area contributed by atoms with Crippen molar-refractivity contribution in [3.05, 3.63) is 59.2 Å². The summed E-state index contributed by atoms with van der Waals surface area (Å²) < 4.78 is 15.5. The Morgan fingerprint density at radius 3 is 2.78 bits per heavy atom. The number of nitrogens with zero attached hydrogens (tertiary/aromatic N) is 2. The molecular weight excluding hydrogens is 231 g/mol. The van der Waals surface area contributed by atoms with Crippen LogP contribution in [0.5, 0.6) is 0 Å². The third kappa shape index (κ3) is 2.58. The van der Waals surface area contributed by atoms with Gasteiger partial charge in [-0.1, -0.05) is 6.07 Å². The van der Waals surface area contributed by atoms with Crippen LogP contribution >= 0.6 is 0 Å². The second kappa shape index (κ2) is 5.03. The van der Waals surface area contributed by atoms with Crippen molar-refractivity contribution in [2.45, 2.75) is 19.6 Å². The summed E-state index contributed by atoms with van der Waals surface area (Å²) in [5, 5.41) is 18.1. The van der Waals surface area contributed by atoms with E-state index in [1.165, 1.54) is 6.07 Å². The lowest BCUT2D eigenvalue weighted by Gasteiger charge is -2.05. The van der Waals surface area contributed by atoms with E-state index in [-0.39, 0.29) is 5.82 Å². The van der Waals surface area contributed by atoms with Crippen molar-refractivity contribution in [3.63, 3.8) is 0 Å². The average molecular weight is 244 g/mol. The van der Waals surface area contributed by atoms with Gasteiger partial charge in [0.2, 0.25) is 0 Å². The number of nitriles is 1. The molecule has 0 radical (unpaired) electrons. The monoisotopic (exact) mass is 244 g/mol. The first kappa shape index (κ1) is 12.3. The van der Waals surface area contributed by atoms with Crippen molar-refractivity contribution in [2.75, 3.05) is 0 Å². The number of halogens is 1. The van der Waals surface area contributed by atoms with Crippen molar-refractivity contribution in [1.29, 1.82) is 5.26 Å². The van der Waals surface area contributed by atoms with Gasteiger partial charge in [0.05, 0.1) is 17.7 Å². The maximum Gasteiger partial charge on any atom is 0.129 e. The lowest BCUT2D eigenvalue weighted by Crippen LogP contribution is -2.00. The lowest BCUT2D eigenvalue weighted by molar-refractivity contribution is 0.199. The van der Waals surface area contributed by atoms with Crippen LogP contribution in [0.25, 0.3) is 0 Å². The third-order valence-corrected chi connectivity index (χ3v) is 2.79. The highest BCUT2D eigenvalue weighted by atomic mass is 19.1. The van der Waals surface area contributed by atoms with E-state index in [4.69, 9.17) is 5.26 Å². The average Bonchev–Trinajstić information content (AvgIpc) is 2.80. The molecule has 0 aliphatic heterocycles. The number of benzene rings is 1. The third-order valence-electron chi connectivity index (χ3n) is 2.79. The molecule has 1 aromatic carbocycles. The molecule has 1 heterocycles. The van der Waals surface area contributed by atoms with Crippen molar-refractivity contribution in [1.82, 2.24) is 4.57 Å². The fourth-order valence-corrected chi connectivity index (χ4v) is 1.75. The normalized spacial score (nSPS) is 12.1. The molecule has 0 aliphatic rings. The van der Waals surface area contributed by atoms with Gasteiger partial charge in [-0.2, -0.15) is 5.26 Å². The Hall–Kier alpha value is -2.12. The molecule has 3 nitrogen and oxygen atoms in total. The van der Waals surface area contributed by atoms with Gasteiger partial charge in [0, 0.05) is 24.5 Å². The maximum atomic E-state index is 13.7. The molecule has 2 aromatic rings. The minimum Gasteiger partial charge on any atom is -0.389 e. The van der Waals surface area contributed by atoms with Crippen molar-refractivity contribution < 1.29 is 9.50 Å². The van der Waals surface area contributed by atoms with Crippen LogP contribution in [0.3, 0.4) is 0 Å². The standard InChI is InChI=1S/C14H13FN2O/c1-10(18)12-4-5-17(8-12)9-13-3-2-11(7-16)6-14(13)15/h2-6,8,10,18H,9H2,1H3. The quantitative estimate of drug-likeness (QED) is 0.902. The Bertz CT molecular complexity index is 596. The van der Waals surface area contributed by atoms with E-state index in [0.717, 1.165) is 5.56 Å². The molecule has 1 aromatic heterocycles. The Morgan fingerprint density at radius 1 is 1.44 bits per heavy atom. The molecule has 1 unspecified atom stereocenters. The Kier molecular flexibility index (Phi) is 3.45. The molecule has 0 saturated heterocycles. The maximum absolute atomic E-state index is 13.7. The lowest BCUT2D eigenvalue weighted by atomic mass is 10.1. The molecule has 1 atom stereocenters. The Morgan fingerprint density at radius 2 is 2.22 bits per heavy atom. The van der Waals surface area contributed by atoms with E-state index < -0.39 is 6.10 Å². The van der Waals surface area contributed by atoms with Gasteiger partial charge >= 0.3 is 0 Å². The summed E-state index contributed by atoms with van der Waals surface area (Å²) in [6.45, 7) is 2.06. The smallest absolute Gasteiger partial charge is 0.129 e. The summed E-state index contributed by atoms with van der Waals surface area (Å²) in [5.41, 5.74) is 1.62. The van der Waals surface area contributed by atoms with Crippen molar-refractivity contribution in [2.24, 2.45) is 0 Å². The van der Waals surface area contributed by atoms with E-state index >= 15 is 0 Å². The summed E-state index contributed by atoms with van der Waals surface area (Å²) in [4.78, 5) is 0. The molecule has 18 heavy (non-hydrogen) atoms. The number of aliphatic hydroxyl groups excluding tert-OH is 1. The minimum atomic E-state index is -0.530. The number of rotatable bonds is 3. The molecule has 0 fully saturated rings. The predicted octanol–water partition coefficient (Wildman–Crippen LogP) is 2.60. The van der Waals surface area contributed by atoms with Gasteiger partial charge in [-0.15, -0.1) is 0 Å². The van der Waals surface area contributed by atoms with Crippen LogP contribution < -0.4 is 0 Å². The first-order valence-corrected chi connectivity index (χ1v) is 5.62. The zero-order chi connectivity index (χ0) is 13.1. The molecule has 0 amide bonds. The molecule has 0 bridgehead atoms. The fourth-order valence-electron chi connectivity index (χ4n) is 1.75. The van der Waals surface area contributed by atoms with Crippen molar-refractivity contribution in [3.8, 4) is 6.07 Å². The molecule has 0 aliphatic carbocycles. The van der Waals surface area contributed by atoms with Crippen LogP contribution in [0.15, 0.2) is 36.7 Å². The largest absolute Gasteiger partial charge is 0.389 e. The number of hydrogen-bond acceptors (Lipinski definition) is 2. The summed E-state index contributed by atoms with van der Waals surface area (Å²) in [6.07, 6.45) is 3.04. The fraction of sp³-hybridized carbons (Fsp3) is 0.214. The first-order chi connectivity index (χ1) is 8.60. The summed E-state index contributed by atoms with van der Waals surface area (Å²) in [6, 6.07) is 8.13. The molecule has 4 heteroatoms. The predicted molar refractivity (Wildman–Crippen MR) is 65.3 cm³/mol. The van der Waals surface area contributed by atoms with E-state index in [9.17, 15) is 9.50 Å². The van der Waals surface area contributed by atoms with Gasteiger partial charge in [0.25, 0.3) is 0 Å². The van der Waals surface area contributed by atoms with Crippen LogP contribution in [0.2, 0.25) is 0 Å². The molecular formula is C14H13FN2O. The van der Waals surface area contributed by atoms with E-state index in [1.54, 1.807) is 42.1 Å². The van der Waals surface area contributed by atoms with Gasteiger partial charge in [-0.25, -0.2) is 4.39 Å². The number of aliphatic hydroxyl groups is 1. The van der Waals surface area contributed by atoms with Crippen LogP contribution in [0.1, 0.15) is 29.7 Å². The molecule has 92 valence electrons.